The lowest BCUT2D eigenvalue weighted by Crippen LogP contribution is -2.47. The lowest BCUT2D eigenvalue weighted by Gasteiger charge is -2.36. The largest absolute Gasteiger partial charge is 0.523 e. The Hall–Kier alpha value is -0.680. The molecule has 1 fully saturated rings. The highest BCUT2D eigenvalue weighted by atomic mass is 32.2. The first-order chi connectivity index (χ1) is 12.0. The molecule has 0 aromatic carbocycles. The van der Waals surface area contributed by atoms with Crippen molar-refractivity contribution in [1.82, 2.24) is 0 Å². The lowest BCUT2D eigenvalue weighted by molar-refractivity contribution is -0.251. The van der Waals surface area contributed by atoms with E-state index in [0.717, 1.165) is 0 Å². The Labute approximate surface area is 150 Å². The maximum atomic E-state index is 12.4. The Balaban J connectivity index is 2.83. The van der Waals surface area contributed by atoms with Crippen LogP contribution in [0.2, 0.25) is 0 Å². The highest BCUT2D eigenvalue weighted by Crippen LogP contribution is 2.32. The second kappa shape index (κ2) is 8.36. The molecule has 0 aromatic heterocycles. The van der Waals surface area contributed by atoms with Crippen LogP contribution < -0.4 is 0 Å². The molecule has 1 aliphatic rings. The second-order valence-corrected chi connectivity index (χ2v) is 8.78. The van der Waals surface area contributed by atoms with Crippen molar-refractivity contribution in [1.29, 1.82) is 0 Å². The van der Waals surface area contributed by atoms with E-state index < -0.39 is 68.9 Å². The molecule has 0 unspecified atom stereocenters. The Morgan fingerprint density at radius 2 is 1.48 bits per heavy atom. The molecule has 8 nitrogen and oxygen atoms in total. The summed E-state index contributed by atoms with van der Waals surface area (Å²) >= 11 is 0. The second-order valence-electron chi connectivity index (χ2n) is 5.61. The van der Waals surface area contributed by atoms with Gasteiger partial charge in [-0.05, 0) is 26.7 Å². The van der Waals surface area contributed by atoms with Gasteiger partial charge in [0.05, 0.1) is 18.8 Å². The van der Waals surface area contributed by atoms with Crippen molar-refractivity contribution in [3.05, 3.63) is 0 Å². The number of hydrogen-bond acceptors (Lipinski definition) is 8. The van der Waals surface area contributed by atoms with Gasteiger partial charge in [0.25, 0.3) is 0 Å². The van der Waals surface area contributed by atoms with Crippen LogP contribution in [0.3, 0.4) is 0 Å². The highest BCUT2D eigenvalue weighted by molar-refractivity contribution is 7.87. The van der Waals surface area contributed by atoms with E-state index in [0.29, 0.717) is 0 Å². The van der Waals surface area contributed by atoms with E-state index in [2.05, 4.69) is 8.37 Å². The van der Waals surface area contributed by atoms with Gasteiger partial charge < -0.3 is 9.47 Å². The van der Waals surface area contributed by atoms with E-state index in [-0.39, 0.29) is 6.42 Å². The Bertz CT molecular complexity index is 699. The van der Waals surface area contributed by atoms with Gasteiger partial charge in [0.1, 0.15) is 6.10 Å². The molecule has 0 spiro atoms. The van der Waals surface area contributed by atoms with Crippen LogP contribution in [0.15, 0.2) is 0 Å². The maximum absolute atomic E-state index is 12.4. The fourth-order valence-corrected chi connectivity index (χ4v) is 2.97. The van der Waals surface area contributed by atoms with Crippen LogP contribution in [0.4, 0.5) is 26.3 Å². The molecule has 0 N–H and O–H groups in total. The molecule has 1 heterocycles. The van der Waals surface area contributed by atoms with Crippen molar-refractivity contribution in [3.8, 4) is 0 Å². The van der Waals surface area contributed by atoms with Gasteiger partial charge in [0, 0.05) is 0 Å². The van der Waals surface area contributed by atoms with E-state index in [1.54, 1.807) is 0 Å². The molecule has 3 atom stereocenters. The summed E-state index contributed by atoms with van der Waals surface area (Å²) in [5.74, 6) is 0. The first-order valence-corrected chi connectivity index (χ1v) is 10.0. The predicted octanol–water partition coefficient (Wildman–Crippen LogP) is 2.02. The summed E-state index contributed by atoms with van der Waals surface area (Å²) in [6, 6.07) is 0. The van der Waals surface area contributed by atoms with E-state index in [1.165, 1.54) is 13.8 Å². The molecule has 0 bridgehead atoms. The van der Waals surface area contributed by atoms with Gasteiger partial charge in [-0.1, -0.05) is 0 Å². The molecule has 0 saturated carbocycles. The van der Waals surface area contributed by atoms with Crippen molar-refractivity contribution < 1.29 is 61.0 Å². The van der Waals surface area contributed by atoms with Gasteiger partial charge in [0.2, 0.25) is 0 Å². The van der Waals surface area contributed by atoms with E-state index in [4.69, 9.17) is 9.47 Å². The van der Waals surface area contributed by atoms with E-state index >= 15 is 0 Å². The summed E-state index contributed by atoms with van der Waals surface area (Å²) < 4.78 is 136. The van der Waals surface area contributed by atoms with E-state index in [9.17, 15) is 43.2 Å². The molecule has 0 aliphatic carbocycles. The quantitative estimate of drug-likeness (QED) is 0.327. The topological polar surface area (TPSA) is 105 Å². The number of alkyl halides is 6. The van der Waals surface area contributed by atoms with Gasteiger partial charge in [-0.2, -0.15) is 43.2 Å². The van der Waals surface area contributed by atoms with Crippen LogP contribution >= 0.6 is 0 Å². The third-order valence-corrected chi connectivity index (χ3v) is 5.12. The number of rotatable bonds is 7. The molecule has 0 amide bonds. The minimum Gasteiger partial charge on any atom is -0.347 e. The first-order valence-electron chi connectivity index (χ1n) is 7.22. The predicted molar refractivity (Wildman–Crippen MR) is 74.9 cm³/mol. The Morgan fingerprint density at radius 3 is 1.93 bits per heavy atom. The average Bonchev–Trinajstić information content (AvgIpc) is 2.44. The lowest BCUT2D eigenvalue weighted by atomic mass is 10.1. The van der Waals surface area contributed by atoms with Crippen molar-refractivity contribution in [2.75, 3.05) is 6.61 Å². The number of halogens is 6. The van der Waals surface area contributed by atoms with Crippen molar-refractivity contribution in [2.45, 2.75) is 62.3 Å². The SMILES string of the molecule is CC(C)O[C@H]1O[C@H](COS(=O)(=O)C(F)(F)F)CC[C@H]1OS(=O)(=O)C(F)(F)F. The zero-order valence-corrected chi connectivity index (χ0v) is 15.4. The molecular formula is C11H16F6O8S2. The summed E-state index contributed by atoms with van der Waals surface area (Å²) in [5.41, 5.74) is -11.4. The first kappa shape index (κ1) is 24.4. The minimum atomic E-state index is -5.97. The minimum absolute atomic E-state index is 0.344. The van der Waals surface area contributed by atoms with Gasteiger partial charge >= 0.3 is 31.3 Å². The average molecular weight is 454 g/mol. The smallest absolute Gasteiger partial charge is 0.347 e. The zero-order chi connectivity index (χ0) is 21.3. The molecule has 0 aromatic rings. The summed E-state index contributed by atoms with van der Waals surface area (Å²) in [7, 11) is -11.9. The highest BCUT2D eigenvalue weighted by Gasteiger charge is 2.51. The zero-order valence-electron chi connectivity index (χ0n) is 13.8. The maximum Gasteiger partial charge on any atom is 0.523 e. The standard InChI is InChI=1S/C11H16F6O8S2/c1-6(2)23-9-8(25-27(20,21)11(15,16)17)4-3-7(24-9)5-22-26(18,19)10(12,13)14/h6-9H,3-5H2,1-2H3/t7-,8+,9-/m0/s1. The monoisotopic (exact) mass is 454 g/mol. The molecule has 162 valence electrons. The van der Waals surface area contributed by atoms with Gasteiger partial charge in [-0.25, -0.2) is 0 Å². The van der Waals surface area contributed by atoms with Crippen LogP contribution in [0.1, 0.15) is 26.7 Å². The van der Waals surface area contributed by atoms with Crippen LogP contribution in [0, 0.1) is 0 Å². The van der Waals surface area contributed by atoms with Crippen LogP contribution in [-0.2, 0) is 38.1 Å². The molecule has 27 heavy (non-hydrogen) atoms. The molecular weight excluding hydrogens is 438 g/mol. The van der Waals surface area contributed by atoms with Gasteiger partial charge in [0.15, 0.2) is 6.29 Å². The van der Waals surface area contributed by atoms with Crippen molar-refractivity contribution >= 4 is 20.2 Å². The van der Waals surface area contributed by atoms with Gasteiger partial charge in [-0.15, -0.1) is 0 Å². The van der Waals surface area contributed by atoms with E-state index in [1.807, 2.05) is 0 Å². The molecule has 1 rings (SSSR count). The summed E-state index contributed by atoms with van der Waals surface area (Å²) in [4.78, 5) is 0. The van der Waals surface area contributed by atoms with Crippen LogP contribution in [0.25, 0.3) is 0 Å². The number of ether oxygens (including phenoxy) is 2. The third kappa shape index (κ3) is 6.70. The van der Waals surface area contributed by atoms with Crippen LogP contribution in [-0.4, -0.2) is 59.1 Å². The molecule has 0 radical (unpaired) electrons. The number of hydrogen-bond donors (Lipinski definition) is 0. The summed E-state index contributed by atoms with van der Waals surface area (Å²) in [6.45, 7) is 1.75. The molecule has 16 heteroatoms. The molecule has 1 saturated heterocycles. The van der Waals surface area contributed by atoms with Gasteiger partial charge in [-0.3, -0.25) is 8.37 Å². The Morgan fingerprint density at radius 1 is 0.963 bits per heavy atom. The van der Waals surface area contributed by atoms with Crippen LogP contribution in [0.5, 0.6) is 0 Å². The Kier molecular flexibility index (Phi) is 7.54. The normalized spacial score (nSPS) is 25.7. The summed E-state index contributed by atoms with van der Waals surface area (Å²) in [5, 5.41) is 0. The molecule has 1 aliphatic heterocycles. The fourth-order valence-electron chi connectivity index (χ4n) is 1.89. The summed E-state index contributed by atoms with van der Waals surface area (Å²) in [6.07, 6.45) is -6.24. The third-order valence-electron chi connectivity index (χ3n) is 3.04. The van der Waals surface area contributed by atoms with Crippen molar-refractivity contribution in [3.63, 3.8) is 0 Å². The fraction of sp³-hybridized carbons (Fsp3) is 1.00. The van der Waals surface area contributed by atoms with Crippen molar-refractivity contribution in [2.24, 2.45) is 0 Å².